The average molecular weight is 207 g/mol. The number of aldehydes is 1. The number of hydrogen-bond acceptors (Lipinski definition) is 3. The largest absolute Gasteiger partial charge is 0.464 e. The lowest BCUT2D eigenvalue weighted by atomic mass is 10.1. The van der Waals surface area contributed by atoms with E-state index < -0.39 is 0 Å². The van der Waals surface area contributed by atoms with Crippen LogP contribution >= 0.6 is 0 Å². The van der Waals surface area contributed by atoms with Gasteiger partial charge in [0.1, 0.15) is 5.69 Å². The van der Waals surface area contributed by atoms with Crippen LogP contribution in [0, 0.1) is 0 Å². The minimum absolute atomic E-state index is 0.369. The molecular formula is C11H13NO3. The molecule has 1 aliphatic heterocycles. The summed E-state index contributed by atoms with van der Waals surface area (Å²) in [6.07, 6.45) is 3.80. The topological polar surface area (TPSA) is 48.3 Å². The van der Waals surface area contributed by atoms with E-state index in [-0.39, 0.29) is 5.97 Å². The Hall–Kier alpha value is -1.58. The van der Waals surface area contributed by atoms with Crippen molar-refractivity contribution in [3.8, 4) is 0 Å². The zero-order chi connectivity index (χ0) is 10.8. The molecule has 15 heavy (non-hydrogen) atoms. The molecule has 0 radical (unpaired) electrons. The Labute approximate surface area is 87.8 Å². The van der Waals surface area contributed by atoms with E-state index in [2.05, 4.69) is 4.74 Å². The maximum absolute atomic E-state index is 11.5. The van der Waals surface area contributed by atoms with E-state index in [9.17, 15) is 9.59 Å². The first-order chi connectivity index (χ1) is 7.27. The first kappa shape index (κ1) is 9.96. The highest BCUT2D eigenvalue weighted by Crippen LogP contribution is 2.22. The van der Waals surface area contributed by atoms with Gasteiger partial charge in [-0.05, 0) is 25.3 Å². The Bertz CT molecular complexity index is 406. The molecule has 0 amide bonds. The van der Waals surface area contributed by atoms with E-state index in [1.54, 1.807) is 6.07 Å². The third-order valence-electron chi connectivity index (χ3n) is 2.81. The average Bonchev–Trinajstić information content (AvgIpc) is 2.67. The van der Waals surface area contributed by atoms with Gasteiger partial charge in [0.2, 0.25) is 0 Å². The van der Waals surface area contributed by atoms with E-state index in [1.165, 1.54) is 7.11 Å². The minimum Gasteiger partial charge on any atom is -0.464 e. The van der Waals surface area contributed by atoms with Crippen LogP contribution in [0.4, 0.5) is 0 Å². The van der Waals surface area contributed by atoms with E-state index >= 15 is 0 Å². The molecule has 2 rings (SSSR count). The van der Waals surface area contributed by atoms with Crippen molar-refractivity contribution in [3.63, 3.8) is 0 Å². The van der Waals surface area contributed by atoms with Crippen LogP contribution in [0.3, 0.4) is 0 Å². The van der Waals surface area contributed by atoms with Gasteiger partial charge in [-0.25, -0.2) is 4.79 Å². The van der Waals surface area contributed by atoms with E-state index in [0.29, 0.717) is 11.3 Å². The van der Waals surface area contributed by atoms with Crippen molar-refractivity contribution in [2.24, 2.45) is 0 Å². The summed E-state index contributed by atoms with van der Waals surface area (Å²) in [5, 5.41) is 0. The number of nitrogens with zero attached hydrogens (tertiary/aromatic N) is 1. The summed E-state index contributed by atoms with van der Waals surface area (Å²) in [4.78, 5) is 22.3. The highest BCUT2D eigenvalue weighted by atomic mass is 16.5. The fraction of sp³-hybridized carbons (Fsp3) is 0.455. The van der Waals surface area contributed by atoms with Crippen LogP contribution < -0.4 is 0 Å². The first-order valence-corrected chi connectivity index (χ1v) is 5.04. The van der Waals surface area contributed by atoms with E-state index in [4.69, 9.17) is 0 Å². The quantitative estimate of drug-likeness (QED) is 0.544. The zero-order valence-electron chi connectivity index (χ0n) is 8.66. The highest BCUT2D eigenvalue weighted by Gasteiger charge is 2.21. The van der Waals surface area contributed by atoms with Crippen LogP contribution in [0.15, 0.2) is 6.07 Å². The summed E-state index contributed by atoms with van der Waals surface area (Å²) < 4.78 is 6.59. The Kier molecular flexibility index (Phi) is 2.58. The lowest BCUT2D eigenvalue weighted by Gasteiger charge is -2.17. The minimum atomic E-state index is -0.369. The Morgan fingerprint density at radius 2 is 2.33 bits per heavy atom. The summed E-state index contributed by atoms with van der Waals surface area (Å²) in [6.45, 7) is 0.799. The number of ether oxygens (including phenoxy) is 1. The van der Waals surface area contributed by atoms with Gasteiger partial charge in [-0.3, -0.25) is 4.79 Å². The van der Waals surface area contributed by atoms with Crippen LogP contribution in [0.1, 0.15) is 39.4 Å². The van der Waals surface area contributed by atoms with Crippen molar-refractivity contribution in [2.45, 2.75) is 25.8 Å². The van der Waals surface area contributed by atoms with Crippen molar-refractivity contribution in [3.05, 3.63) is 23.0 Å². The van der Waals surface area contributed by atoms with Gasteiger partial charge in [0.25, 0.3) is 0 Å². The second-order valence-corrected chi connectivity index (χ2v) is 3.65. The molecule has 0 unspecified atom stereocenters. The summed E-state index contributed by atoms with van der Waals surface area (Å²) in [5.74, 6) is -0.369. The van der Waals surface area contributed by atoms with Gasteiger partial charge in [0.05, 0.1) is 7.11 Å². The number of carbonyl (C=O) groups excluding carboxylic acids is 2. The molecule has 80 valence electrons. The van der Waals surface area contributed by atoms with Gasteiger partial charge in [-0.15, -0.1) is 0 Å². The molecule has 4 nitrogen and oxygen atoms in total. The molecule has 0 saturated carbocycles. The molecule has 0 bridgehead atoms. The Morgan fingerprint density at radius 3 is 3.00 bits per heavy atom. The third kappa shape index (κ3) is 1.56. The van der Waals surface area contributed by atoms with Gasteiger partial charge in [-0.2, -0.15) is 0 Å². The van der Waals surface area contributed by atoms with Crippen molar-refractivity contribution in [2.75, 3.05) is 7.11 Å². The molecule has 0 spiro atoms. The molecule has 0 N–H and O–H groups in total. The molecule has 0 aromatic carbocycles. The second-order valence-electron chi connectivity index (χ2n) is 3.65. The fourth-order valence-corrected chi connectivity index (χ4v) is 2.08. The maximum Gasteiger partial charge on any atom is 0.354 e. The third-order valence-corrected chi connectivity index (χ3v) is 2.81. The molecule has 0 fully saturated rings. The number of methoxy groups -OCH3 is 1. The molecule has 0 saturated heterocycles. The first-order valence-electron chi connectivity index (χ1n) is 5.04. The molecule has 1 aromatic rings. The van der Waals surface area contributed by atoms with Crippen molar-refractivity contribution >= 4 is 12.3 Å². The van der Waals surface area contributed by atoms with Crippen molar-refractivity contribution < 1.29 is 14.3 Å². The molecule has 0 atom stereocenters. The Morgan fingerprint density at radius 1 is 1.53 bits per heavy atom. The molecule has 1 aromatic heterocycles. The number of fused-ring (bicyclic) bond motifs is 1. The second kappa shape index (κ2) is 3.88. The fourth-order valence-electron chi connectivity index (χ4n) is 2.08. The van der Waals surface area contributed by atoms with Crippen LogP contribution in [-0.2, 0) is 17.7 Å². The molecule has 0 aliphatic carbocycles. The van der Waals surface area contributed by atoms with Gasteiger partial charge in [0, 0.05) is 17.8 Å². The molecule has 2 heterocycles. The standard InChI is InChI=1S/C11H13NO3/c1-15-11(14)10-6-8(7-13)9-4-2-3-5-12(9)10/h6-7H,2-5H2,1H3. The lowest BCUT2D eigenvalue weighted by molar-refractivity contribution is 0.0587. The summed E-state index contributed by atoms with van der Waals surface area (Å²) in [5.41, 5.74) is 2.08. The SMILES string of the molecule is COC(=O)c1cc(C=O)c2n1CCCC2. The smallest absolute Gasteiger partial charge is 0.354 e. The number of aromatic nitrogens is 1. The predicted molar refractivity (Wildman–Crippen MR) is 54.1 cm³/mol. The maximum atomic E-state index is 11.5. The number of rotatable bonds is 2. The van der Waals surface area contributed by atoms with Gasteiger partial charge in [0.15, 0.2) is 6.29 Å². The number of hydrogen-bond donors (Lipinski definition) is 0. The van der Waals surface area contributed by atoms with Crippen LogP contribution in [-0.4, -0.2) is 23.9 Å². The van der Waals surface area contributed by atoms with Crippen molar-refractivity contribution in [1.82, 2.24) is 4.57 Å². The van der Waals surface area contributed by atoms with Gasteiger partial charge < -0.3 is 9.30 Å². The molecule has 4 heteroatoms. The summed E-state index contributed by atoms with van der Waals surface area (Å²) in [7, 11) is 1.35. The van der Waals surface area contributed by atoms with Gasteiger partial charge >= 0.3 is 5.97 Å². The van der Waals surface area contributed by atoms with E-state index in [0.717, 1.165) is 37.8 Å². The van der Waals surface area contributed by atoms with Crippen LogP contribution in [0.2, 0.25) is 0 Å². The monoisotopic (exact) mass is 207 g/mol. The van der Waals surface area contributed by atoms with Crippen LogP contribution in [0.25, 0.3) is 0 Å². The van der Waals surface area contributed by atoms with Crippen molar-refractivity contribution in [1.29, 1.82) is 0 Å². The van der Waals surface area contributed by atoms with Gasteiger partial charge in [-0.1, -0.05) is 0 Å². The summed E-state index contributed by atoms with van der Waals surface area (Å²) >= 11 is 0. The zero-order valence-corrected chi connectivity index (χ0v) is 8.66. The predicted octanol–water partition coefficient (Wildman–Crippen LogP) is 1.42. The molecule has 1 aliphatic rings. The molecular weight excluding hydrogens is 194 g/mol. The van der Waals surface area contributed by atoms with E-state index in [1.807, 2.05) is 4.57 Å². The van der Waals surface area contributed by atoms with Crippen LogP contribution in [0.5, 0.6) is 0 Å². The highest BCUT2D eigenvalue weighted by molar-refractivity contribution is 5.91. The summed E-state index contributed by atoms with van der Waals surface area (Å²) in [6, 6.07) is 1.62. The normalized spacial score (nSPS) is 14.5. The number of carbonyl (C=O) groups is 2. The Balaban J connectivity index is 2.51. The lowest BCUT2D eigenvalue weighted by Crippen LogP contribution is -2.16. The number of esters is 1.